The Morgan fingerprint density at radius 2 is 2.07 bits per heavy atom. The number of thiazole rings is 1. The SMILES string of the molecule is CS(=O)(=O)c1cc(F)c2c(ccn2-c2csc(OC3CCN(C(=O)O)CC3)n2)c1. The van der Waals surface area contributed by atoms with Gasteiger partial charge in [0.05, 0.1) is 10.4 Å². The van der Waals surface area contributed by atoms with Crippen LogP contribution in [0.25, 0.3) is 16.7 Å². The van der Waals surface area contributed by atoms with E-state index in [2.05, 4.69) is 4.98 Å². The zero-order valence-electron chi connectivity index (χ0n) is 15.4. The van der Waals surface area contributed by atoms with Crippen LogP contribution in [0.4, 0.5) is 9.18 Å². The fourth-order valence-electron chi connectivity index (χ4n) is 3.33. The molecular weight excluding hydrogens is 421 g/mol. The second-order valence-corrected chi connectivity index (χ2v) is 9.70. The number of amides is 1. The highest BCUT2D eigenvalue weighted by molar-refractivity contribution is 7.90. The number of likely N-dealkylation sites (tertiary alicyclic amines) is 1. The van der Waals surface area contributed by atoms with Crippen LogP contribution in [0.3, 0.4) is 0 Å². The third-order valence-corrected chi connectivity index (χ3v) is 6.65. The van der Waals surface area contributed by atoms with Crippen LogP contribution < -0.4 is 4.74 Å². The molecule has 11 heteroatoms. The Balaban J connectivity index is 1.56. The number of carboxylic acid groups (broad SMARTS) is 1. The average molecular weight is 439 g/mol. The summed E-state index contributed by atoms with van der Waals surface area (Å²) in [5.74, 6) is -0.182. The Bertz CT molecular complexity index is 1180. The fourth-order valence-corrected chi connectivity index (χ4v) is 4.70. The second kappa shape index (κ2) is 7.30. The van der Waals surface area contributed by atoms with Crippen LogP contribution in [0, 0.1) is 5.82 Å². The van der Waals surface area contributed by atoms with Gasteiger partial charge in [-0.05, 0) is 18.2 Å². The minimum atomic E-state index is -3.52. The minimum absolute atomic E-state index is 0.0738. The molecule has 3 aromatic rings. The van der Waals surface area contributed by atoms with Crippen molar-refractivity contribution in [3.63, 3.8) is 0 Å². The number of rotatable bonds is 4. The van der Waals surface area contributed by atoms with Gasteiger partial charge in [-0.25, -0.2) is 17.6 Å². The summed E-state index contributed by atoms with van der Waals surface area (Å²) in [5.41, 5.74) is 0.240. The monoisotopic (exact) mass is 439 g/mol. The highest BCUT2D eigenvalue weighted by Gasteiger charge is 2.24. The summed E-state index contributed by atoms with van der Waals surface area (Å²) in [5, 5.41) is 11.6. The molecule has 8 nitrogen and oxygen atoms in total. The van der Waals surface area contributed by atoms with Crippen molar-refractivity contribution in [1.82, 2.24) is 14.5 Å². The summed E-state index contributed by atoms with van der Waals surface area (Å²) in [4.78, 5) is 16.7. The summed E-state index contributed by atoms with van der Waals surface area (Å²) in [6.45, 7) is 0.822. The van der Waals surface area contributed by atoms with Crippen LogP contribution >= 0.6 is 11.3 Å². The number of sulfone groups is 1. The lowest BCUT2D eigenvalue weighted by atomic mass is 10.1. The largest absolute Gasteiger partial charge is 0.467 e. The molecule has 1 aromatic carbocycles. The molecule has 2 aromatic heterocycles. The van der Waals surface area contributed by atoms with E-state index in [1.165, 1.54) is 22.3 Å². The van der Waals surface area contributed by atoms with Crippen LogP contribution in [0.5, 0.6) is 5.19 Å². The van der Waals surface area contributed by atoms with Gasteiger partial charge in [0.2, 0.25) is 0 Å². The van der Waals surface area contributed by atoms with Crippen molar-refractivity contribution >= 4 is 38.2 Å². The van der Waals surface area contributed by atoms with Gasteiger partial charge in [0, 0.05) is 49.2 Å². The van der Waals surface area contributed by atoms with E-state index in [0.717, 1.165) is 12.3 Å². The van der Waals surface area contributed by atoms with E-state index in [4.69, 9.17) is 9.84 Å². The molecular formula is C18H18FN3O5S2. The maximum Gasteiger partial charge on any atom is 0.407 e. The van der Waals surface area contributed by atoms with Gasteiger partial charge in [0.15, 0.2) is 15.7 Å². The van der Waals surface area contributed by atoms with Crippen LogP contribution in [-0.4, -0.2) is 59.5 Å². The number of halogens is 1. The number of piperidine rings is 1. The Kier molecular flexibility index (Phi) is 4.95. The molecule has 1 amide bonds. The number of fused-ring (bicyclic) bond motifs is 1. The van der Waals surface area contributed by atoms with E-state index >= 15 is 0 Å². The summed E-state index contributed by atoms with van der Waals surface area (Å²) < 4.78 is 45.5. The zero-order chi connectivity index (χ0) is 20.8. The average Bonchev–Trinajstić information content (AvgIpc) is 3.28. The standard InChI is InChI=1S/C18H18FN3O5S2/c1-29(25,26)13-8-11-2-7-22(16(11)14(19)9-13)15-10-28-17(20-15)27-12-3-5-21(6-4-12)18(23)24/h2,7-10,12H,3-6H2,1H3,(H,23,24). The van der Waals surface area contributed by atoms with E-state index < -0.39 is 21.7 Å². The quantitative estimate of drug-likeness (QED) is 0.670. The molecule has 29 heavy (non-hydrogen) atoms. The fraction of sp³-hybridized carbons (Fsp3) is 0.333. The predicted molar refractivity (Wildman–Crippen MR) is 105 cm³/mol. The third-order valence-electron chi connectivity index (χ3n) is 4.84. The Hall–Kier alpha value is -2.66. The van der Waals surface area contributed by atoms with Gasteiger partial charge in [-0.3, -0.25) is 4.57 Å². The first-order valence-electron chi connectivity index (χ1n) is 8.83. The first-order valence-corrected chi connectivity index (χ1v) is 11.6. The molecule has 3 heterocycles. The lowest BCUT2D eigenvalue weighted by molar-refractivity contribution is 0.0893. The van der Waals surface area contributed by atoms with E-state index in [9.17, 15) is 17.6 Å². The summed E-state index contributed by atoms with van der Waals surface area (Å²) in [7, 11) is -3.52. The van der Waals surface area contributed by atoms with Crippen LogP contribution in [0.15, 0.2) is 34.7 Å². The molecule has 1 aliphatic rings. The molecule has 0 bridgehead atoms. The first kappa shape index (κ1) is 19.6. The molecule has 0 atom stereocenters. The van der Waals surface area contributed by atoms with Crippen molar-refractivity contribution in [1.29, 1.82) is 0 Å². The molecule has 4 rings (SSSR count). The molecule has 0 spiro atoms. The number of hydrogen-bond acceptors (Lipinski definition) is 6. The predicted octanol–water partition coefficient (Wildman–Crippen LogP) is 3.15. The van der Waals surface area contributed by atoms with Crippen LogP contribution in [-0.2, 0) is 9.84 Å². The van der Waals surface area contributed by atoms with Crippen LogP contribution in [0.2, 0.25) is 0 Å². The van der Waals surface area contributed by atoms with Gasteiger partial charge in [-0.15, -0.1) is 0 Å². The second-order valence-electron chi connectivity index (χ2n) is 6.86. The van der Waals surface area contributed by atoms with Crippen molar-refractivity contribution in [3.8, 4) is 11.0 Å². The zero-order valence-corrected chi connectivity index (χ0v) is 17.0. The van der Waals surface area contributed by atoms with Gasteiger partial charge >= 0.3 is 6.09 Å². The number of nitrogens with zero attached hydrogens (tertiary/aromatic N) is 3. The van der Waals surface area contributed by atoms with E-state index in [-0.39, 0.29) is 16.5 Å². The van der Waals surface area contributed by atoms with Gasteiger partial charge in [-0.1, -0.05) is 11.3 Å². The number of benzene rings is 1. The van der Waals surface area contributed by atoms with Gasteiger partial charge in [0.1, 0.15) is 11.9 Å². The molecule has 0 aliphatic carbocycles. The van der Waals surface area contributed by atoms with E-state index in [0.29, 0.717) is 42.3 Å². The third kappa shape index (κ3) is 3.92. The molecule has 0 saturated carbocycles. The van der Waals surface area contributed by atoms with Gasteiger partial charge in [-0.2, -0.15) is 4.98 Å². The minimum Gasteiger partial charge on any atom is -0.467 e. The maximum absolute atomic E-state index is 14.6. The molecule has 0 radical (unpaired) electrons. The number of ether oxygens (including phenoxy) is 1. The molecule has 1 N–H and O–H groups in total. The highest BCUT2D eigenvalue weighted by atomic mass is 32.2. The van der Waals surface area contributed by atoms with Gasteiger partial charge in [0.25, 0.3) is 5.19 Å². The molecule has 1 fully saturated rings. The van der Waals surface area contributed by atoms with Crippen molar-refractivity contribution in [3.05, 3.63) is 35.6 Å². The summed E-state index contributed by atoms with van der Waals surface area (Å²) in [6, 6.07) is 4.08. The first-order chi connectivity index (χ1) is 13.7. The highest BCUT2D eigenvalue weighted by Crippen LogP contribution is 2.30. The van der Waals surface area contributed by atoms with E-state index in [1.54, 1.807) is 22.2 Å². The smallest absolute Gasteiger partial charge is 0.407 e. The summed E-state index contributed by atoms with van der Waals surface area (Å²) >= 11 is 1.27. The molecule has 154 valence electrons. The Labute approximate surface area is 170 Å². The molecule has 1 aliphatic heterocycles. The number of hydrogen-bond donors (Lipinski definition) is 1. The lowest BCUT2D eigenvalue weighted by Gasteiger charge is -2.29. The van der Waals surface area contributed by atoms with Crippen molar-refractivity contribution in [2.24, 2.45) is 0 Å². The summed E-state index contributed by atoms with van der Waals surface area (Å²) in [6.07, 6.45) is 2.77. The van der Waals surface area contributed by atoms with Gasteiger partial charge < -0.3 is 14.7 Å². The maximum atomic E-state index is 14.6. The molecule has 0 unspecified atom stereocenters. The number of carbonyl (C=O) groups is 1. The Morgan fingerprint density at radius 3 is 2.72 bits per heavy atom. The van der Waals surface area contributed by atoms with Crippen molar-refractivity contribution in [2.75, 3.05) is 19.3 Å². The normalized spacial score (nSPS) is 15.7. The Morgan fingerprint density at radius 1 is 1.34 bits per heavy atom. The number of aromatic nitrogens is 2. The topological polar surface area (TPSA) is 102 Å². The van der Waals surface area contributed by atoms with Crippen molar-refractivity contribution in [2.45, 2.75) is 23.8 Å². The lowest BCUT2D eigenvalue weighted by Crippen LogP contribution is -2.41. The van der Waals surface area contributed by atoms with Crippen LogP contribution in [0.1, 0.15) is 12.8 Å². The molecule has 1 saturated heterocycles. The van der Waals surface area contributed by atoms with E-state index in [1.807, 2.05) is 0 Å². The van der Waals surface area contributed by atoms with Crippen molar-refractivity contribution < 1.29 is 27.4 Å².